The molecule has 0 N–H and O–H groups in total. The van der Waals surface area contributed by atoms with Gasteiger partial charge in [-0.25, -0.2) is 0 Å². The Morgan fingerprint density at radius 2 is 0.698 bits per heavy atom. The van der Waals surface area contributed by atoms with Crippen molar-refractivity contribution in [3.8, 4) is 44.5 Å². The zero-order valence-corrected chi connectivity index (χ0v) is 28.9. The van der Waals surface area contributed by atoms with Gasteiger partial charge in [-0.15, -0.1) is 0 Å². The van der Waals surface area contributed by atoms with Gasteiger partial charge in [0, 0.05) is 16.3 Å². The number of hydrogen-bond acceptors (Lipinski definition) is 1. The molecule has 0 amide bonds. The molecule has 0 fully saturated rings. The van der Waals surface area contributed by atoms with Crippen LogP contribution < -0.4 is 0 Å². The third kappa shape index (κ3) is 4.51. The second-order valence-electron chi connectivity index (χ2n) is 13.9. The molecule has 0 radical (unpaired) electrons. The molecule has 0 spiro atoms. The molecule has 246 valence electrons. The molecule has 0 aliphatic heterocycles. The van der Waals surface area contributed by atoms with Gasteiger partial charge in [-0.3, -0.25) is 0 Å². The van der Waals surface area contributed by atoms with Crippen LogP contribution >= 0.6 is 0 Å². The van der Waals surface area contributed by atoms with E-state index < -0.39 is 0 Å². The smallest absolute Gasteiger partial charge is 0.143 e. The monoisotopic (exact) mass is 672 g/mol. The fourth-order valence-corrected chi connectivity index (χ4v) is 8.82. The molecule has 0 aliphatic rings. The molecule has 1 aromatic heterocycles. The first-order chi connectivity index (χ1) is 26.3. The predicted octanol–water partition coefficient (Wildman–Crippen LogP) is 14.9. The van der Waals surface area contributed by atoms with Gasteiger partial charge in [-0.2, -0.15) is 0 Å². The second kappa shape index (κ2) is 11.8. The van der Waals surface area contributed by atoms with Crippen molar-refractivity contribution in [1.29, 1.82) is 0 Å². The van der Waals surface area contributed by atoms with Crippen LogP contribution in [-0.2, 0) is 0 Å². The van der Waals surface area contributed by atoms with Crippen LogP contribution in [-0.4, -0.2) is 0 Å². The minimum absolute atomic E-state index is 0.901. The number of rotatable bonds is 4. The van der Waals surface area contributed by atoms with Crippen LogP contribution in [0.15, 0.2) is 199 Å². The molecule has 0 saturated carbocycles. The minimum atomic E-state index is 0.901. The largest absolute Gasteiger partial charge is 0.455 e. The standard InChI is InChI=1S/C52H32O/c1-3-19-35-33(15-1)17-11-26-37(35)38-21-5-6-23-41(38)50-43-25-8-7-24-42(43)49(40-27-12-18-34-16-2-4-20-36(34)40)47-31-13-28-44(51(47)50)46-30-14-29-45-39-22-9-10-32-48(39)53-52(45)46/h1-32H. The first-order valence-electron chi connectivity index (χ1n) is 18.3. The topological polar surface area (TPSA) is 13.1 Å². The van der Waals surface area contributed by atoms with Gasteiger partial charge in [0.2, 0.25) is 0 Å². The molecular formula is C52H32O. The Bertz CT molecular complexity index is 3220. The van der Waals surface area contributed by atoms with Crippen LogP contribution in [0.2, 0.25) is 0 Å². The molecule has 11 rings (SSSR count). The minimum Gasteiger partial charge on any atom is -0.455 e. The molecule has 1 heterocycles. The summed E-state index contributed by atoms with van der Waals surface area (Å²) in [6.45, 7) is 0. The number of fused-ring (bicyclic) bond motifs is 7. The van der Waals surface area contributed by atoms with Crippen LogP contribution in [0, 0.1) is 0 Å². The van der Waals surface area contributed by atoms with E-state index in [1.165, 1.54) is 76.5 Å². The van der Waals surface area contributed by atoms with E-state index in [1.54, 1.807) is 0 Å². The second-order valence-corrected chi connectivity index (χ2v) is 13.9. The Hall–Kier alpha value is -6.96. The normalized spacial score (nSPS) is 11.8. The Morgan fingerprint density at radius 3 is 1.45 bits per heavy atom. The van der Waals surface area contributed by atoms with Crippen LogP contribution in [0.1, 0.15) is 0 Å². The van der Waals surface area contributed by atoms with Crippen molar-refractivity contribution >= 4 is 65.0 Å². The maximum atomic E-state index is 6.73. The number of para-hydroxylation sites is 2. The van der Waals surface area contributed by atoms with Crippen molar-refractivity contribution in [1.82, 2.24) is 0 Å². The Balaban J connectivity index is 1.35. The fourth-order valence-electron chi connectivity index (χ4n) is 8.82. The quantitative estimate of drug-likeness (QED) is 0.170. The maximum absolute atomic E-state index is 6.73. The van der Waals surface area contributed by atoms with Crippen molar-refractivity contribution in [2.75, 3.05) is 0 Å². The molecule has 0 unspecified atom stereocenters. The first-order valence-corrected chi connectivity index (χ1v) is 18.3. The van der Waals surface area contributed by atoms with Gasteiger partial charge in [-0.05, 0) is 88.1 Å². The lowest BCUT2D eigenvalue weighted by molar-refractivity contribution is 0.670. The molecule has 0 aliphatic carbocycles. The highest BCUT2D eigenvalue weighted by Gasteiger charge is 2.24. The molecule has 1 heteroatoms. The Labute approximate surface area is 307 Å². The van der Waals surface area contributed by atoms with E-state index in [9.17, 15) is 0 Å². The summed E-state index contributed by atoms with van der Waals surface area (Å²) in [4.78, 5) is 0. The van der Waals surface area contributed by atoms with Gasteiger partial charge in [0.25, 0.3) is 0 Å². The summed E-state index contributed by atoms with van der Waals surface area (Å²) < 4.78 is 6.73. The van der Waals surface area contributed by atoms with Gasteiger partial charge in [0.15, 0.2) is 0 Å². The average molecular weight is 673 g/mol. The summed E-state index contributed by atoms with van der Waals surface area (Å²) in [6.07, 6.45) is 0. The highest BCUT2D eigenvalue weighted by atomic mass is 16.3. The molecule has 11 aromatic rings. The van der Waals surface area contributed by atoms with E-state index in [2.05, 4.69) is 188 Å². The summed E-state index contributed by atoms with van der Waals surface area (Å²) in [7, 11) is 0. The van der Waals surface area contributed by atoms with Gasteiger partial charge in [0.05, 0.1) is 0 Å². The average Bonchev–Trinajstić information content (AvgIpc) is 3.61. The van der Waals surface area contributed by atoms with Crippen molar-refractivity contribution in [2.45, 2.75) is 0 Å². The third-order valence-corrected chi connectivity index (χ3v) is 11.1. The number of benzene rings is 10. The summed E-state index contributed by atoms with van der Waals surface area (Å²) in [5, 5.41) is 12.1. The zero-order chi connectivity index (χ0) is 34.9. The maximum Gasteiger partial charge on any atom is 0.143 e. The molecule has 1 nitrogen and oxygen atoms in total. The van der Waals surface area contributed by atoms with E-state index >= 15 is 0 Å². The van der Waals surface area contributed by atoms with E-state index in [1.807, 2.05) is 6.07 Å². The lowest BCUT2D eigenvalue weighted by Gasteiger charge is -2.22. The summed E-state index contributed by atoms with van der Waals surface area (Å²) in [6, 6.07) is 70.6. The molecule has 0 atom stereocenters. The highest BCUT2D eigenvalue weighted by Crippen LogP contribution is 2.51. The summed E-state index contributed by atoms with van der Waals surface area (Å²) in [5.74, 6) is 0. The zero-order valence-electron chi connectivity index (χ0n) is 28.9. The van der Waals surface area contributed by atoms with Crippen LogP contribution in [0.5, 0.6) is 0 Å². The molecular weight excluding hydrogens is 641 g/mol. The molecule has 53 heavy (non-hydrogen) atoms. The van der Waals surface area contributed by atoms with Gasteiger partial charge < -0.3 is 4.42 Å². The SMILES string of the molecule is c1ccc(-c2c3ccccc3c(-c3cccc4ccccc34)c3cccc(-c4cccc5c4oc4ccccc45)c23)c(-c2cccc3ccccc23)c1. The van der Waals surface area contributed by atoms with Crippen molar-refractivity contribution in [2.24, 2.45) is 0 Å². The predicted molar refractivity (Wildman–Crippen MR) is 225 cm³/mol. The van der Waals surface area contributed by atoms with Crippen LogP contribution in [0.4, 0.5) is 0 Å². The number of furan rings is 1. The third-order valence-electron chi connectivity index (χ3n) is 11.1. The Kier molecular flexibility index (Phi) is 6.62. The Morgan fingerprint density at radius 1 is 0.245 bits per heavy atom. The van der Waals surface area contributed by atoms with Crippen molar-refractivity contribution in [3.63, 3.8) is 0 Å². The lowest BCUT2D eigenvalue weighted by Crippen LogP contribution is -1.95. The van der Waals surface area contributed by atoms with Gasteiger partial charge >= 0.3 is 0 Å². The molecule has 0 saturated heterocycles. The molecule has 10 aromatic carbocycles. The fraction of sp³-hybridized carbons (Fsp3) is 0. The van der Waals surface area contributed by atoms with Crippen molar-refractivity contribution in [3.05, 3.63) is 194 Å². The van der Waals surface area contributed by atoms with Gasteiger partial charge in [-0.1, -0.05) is 188 Å². The number of hydrogen-bond donors (Lipinski definition) is 0. The summed E-state index contributed by atoms with van der Waals surface area (Å²) in [5.41, 5.74) is 11.4. The van der Waals surface area contributed by atoms with E-state index in [-0.39, 0.29) is 0 Å². The van der Waals surface area contributed by atoms with Crippen LogP contribution in [0.3, 0.4) is 0 Å². The van der Waals surface area contributed by atoms with Crippen LogP contribution in [0.25, 0.3) is 110 Å². The van der Waals surface area contributed by atoms with E-state index in [0.29, 0.717) is 0 Å². The van der Waals surface area contributed by atoms with E-state index in [0.717, 1.165) is 33.1 Å². The summed E-state index contributed by atoms with van der Waals surface area (Å²) >= 11 is 0. The molecule has 0 bridgehead atoms. The first kappa shape index (κ1) is 29.7. The van der Waals surface area contributed by atoms with E-state index in [4.69, 9.17) is 4.42 Å². The van der Waals surface area contributed by atoms with Gasteiger partial charge in [0.1, 0.15) is 11.2 Å². The highest BCUT2D eigenvalue weighted by molar-refractivity contribution is 6.28. The van der Waals surface area contributed by atoms with Crippen molar-refractivity contribution < 1.29 is 4.42 Å². The lowest BCUT2D eigenvalue weighted by atomic mass is 9.80.